The first-order chi connectivity index (χ1) is 34.6. The minimum Gasteiger partial charge on any atom is -0.481 e. The molecule has 0 bridgehead atoms. The third kappa shape index (κ3) is 12.2. The molecule has 0 saturated heterocycles. The van der Waals surface area contributed by atoms with Crippen LogP contribution in [0.1, 0.15) is 108 Å². The van der Waals surface area contributed by atoms with E-state index in [-0.39, 0.29) is 54.1 Å². The van der Waals surface area contributed by atoms with Crippen molar-refractivity contribution in [2.45, 2.75) is 82.1 Å². The topological polar surface area (TPSA) is 247 Å². The van der Waals surface area contributed by atoms with E-state index in [1.165, 1.54) is 0 Å². The van der Waals surface area contributed by atoms with Crippen LogP contribution in [0, 0.1) is 23.2 Å². The highest BCUT2D eigenvalue weighted by molar-refractivity contribution is 6.01. The van der Waals surface area contributed by atoms with Crippen LogP contribution in [-0.2, 0) is 20.7 Å². The van der Waals surface area contributed by atoms with Crippen LogP contribution >= 0.6 is 0 Å². The summed E-state index contributed by atoms with van der Waals surface area (Å²) in [6.45, 7) is 0. The Bertz CT molecular complexity index is 2990. The fraction of sp³-hybridized carbons (Fsp3) is 0.278. The molecule has 1 unspecified atom stereocenters. The number of rotatable bonds is 17. The van der Waals surface area contributed by atoms with E-state index in [1.807, 2.05) is 103 Å². The fourth-order valence-electron chi connectivity index (χ4n) is 9.51. The van der Waals surface area contributed by atoms with E-state index >= 15 is 0 Å². The SMILES string of the molecule is N#CCc1ccc(Nc2nnc(C(=O)Nc3ccc(C4CCC(C(CC(=O)OC5CCC(c6ccc(NC(=O)c7nnc(Nc8ccccc8-c8ccccc8)o7)cc6)CC5)C(=O)O)CC4)cc3)o2)cc1. The lowest BCUT2D eigenvalue weighted by molar-refractivity contribution is -0.158. The first-order valence-corrected chi connectivity index (χ1v) is 23.7. The van der Waals surface area contributed by atoms with E-state index in [9.17, 15) is 24.3 Å². The van der Waals surface area contributed by atoms with Gasteiger partial charge in [-0.2, -0.15) is 5.26 Å². The summed E-state index contributed by atoms with van der Waals surface area (Å²) in [7, 11) is 0. The van der Waals surface area contributed by atoms with E-state index in [0.29, 0.717) is 49.2 Å². The maximum Gasteiger partial charge on any atom is 0.320 e. The van der Waals surface area contributed by atoms with Gasteiger partial charge in [-0.1, -0.05) is 95.1 Å². The van der Waals surface area contributed by atoms with Crippen LogP contribution in [0.15, 0.2) is 136 Å². The highest BCUT2D eigenvalue weighted by atomic mass is 16.5. The molecule has 2 saturated carbocycles. The molecule has 17 nitrogen and oxygen atoms in total. The van der Waals surface area contributed by atoms with E-state index in [1.54, 1.807) is 24.3 Å². The number of aromatic nitrogens is 4. The molecular weight excluding hydrogens is 903 g/mol. The first-order valence-electron chi connectivity index (χ1n) is 23.7. The van der Waals surface area contributed by atoms with Crippen molar-refractivity contribution in [1.29, 1.82) is 5.26 Å². The Morgan fingerprint density at radius 3 is 1.70 bits per heavy atom. The molecule has 5 N–H and O–H groups in total. The van der Waals surface area contributed by atoms with Crippen molar-refractivity contribution in [3.8, 4) is 17.2 Å². The van der Waals surface area contributed by atoms with Gasteiger partial charge in [-0.25, -0.2) is 0 Å². The standard InChI is InChI=1S/C54H51N9O8/c55-31-30-33-10-22-42(23-11-33)58-53-62-60-50(70-53)48(65)56-40-24-16-35(17-25-40)34-12-14-39(15-13-34)45(52(67)68)32-47(64)69-43-28-20-37(21-29-43)36-18-26-41(27-19-36)57-49(66)51-61-63-54(71-51)59-46-9-5-4-8-44(46)38-6-2-1-3-7-38/h1-11,16-19,22-27,34,37,39,43,45H,12-15,20-21,28-30,32H2,(H,56,65)(H,57,66)(H,58,62)(H,59,63)(H,67,68). The van der Waals surface area contributed by atoms with Crippen molar-refractivity contribution < 1.29 is 37.9 Å². The van der Waals surface area contributed by atoms with Gasteiger partial charge < -0.3 is 39.9 Å². The largest absolute Gasteiger partial charge is 0.481 e. The third-order valence-electron chi connectivity index (χ3n) is 13.3. The third-order valence-corrected chi connectivity index (χ3v) is 13.3. The van der Waals surface area contributed by atoms with E-state index in [4.69, 9.17) is 18.8 Å². The minimum atomic E-state index is -0.983. The van der Waals surface area contributed by atoms with Gasteiger partial charge in [0.1, 0.15) is 6.10 Å². The molecule has 7 aromatic rings. The summed E-state index contributed by atoms with van der Waals surface area (Å²) in [6, 6.07) is 42.1. The zero-order chi connectivity index (χ0) is 49.1. The van der Waals surface area contributed by atoms with Gasteiger partial charge in [0.25, 0.3) is 0 Å². The van der Waals surface area contributed by atoms with E-state index in [0.717, 1.165) is 59.2 Å². The Hall–Kier alpha value is -8.65. The number of nitriles is 1. The van der Waals surface area contributed by atoms with Crippen LogP contribution in [0.25, 0.3) is 11.1 Å². The second kappa shape index (κ2) is 22.2. The van der Waals surface area contributed by atoms with Crippen LogP contribution < -0.4 is 21.3 Å². The van der Waals surface area contributed by atoms with Gasteiger partial charge in [0.2, 0.25) is 0 Å². The number of carbonyl (C=O) groups excluding carboxylic acids is 3. The first kappa shape index (κ1) is 47.4. The molecule has 1 atom stereocenters. The van der Waals surface area contributed by atoms with Crippen LogP contribution in [0.5, 0.6) is 0 Å². The molecule has 2 aliphatic rings. The number of para-hydroxylation sites is 1. The molecule has 2 aromatic heterocycles. The van der Waals surface area contributed by atoms with Crippen molar-refractivity contribution in [2.75, 3.05) is 21.3 Å². The number of hydrogen-bond donors (Lipinski definition) is 5. The lowest BCUT2D eigenvalue weighted by atomic mass is 9.73. The number of nitrogens with zero attached hydrogens (tertiary/aromatic N) is 5. The Kier molecular flexibility index (Phi) is 14.8. The summed E-state index contributed by atoms with van der Waals surface area (Å²) < 4.78 is 17.0. The van der Waals surface area contributed by atoms with Gasteiger partial charge in [0, 0.05) is 22.6 Å². The summed E-state index contributed by atoms with van der Waals surface area (Å²) in [5, 5.41) is 46.5. The summed E-state index contributed by atoms with van der Waals surface area (Å²) in [5.41, 5.74) is 7.58. The second-order valence-corrected chi connectivity index (χ2v) is 17.9. The van der Waals surface area contributed by atoms with Crippen LogP contribution in [-0.4, -0.2) is 55.4 Å². The monoisotopic (exact) mass is 953 g/mol. The van der Waals surface area contributed by atoms with Gasteiger partial charge >= 0.3 is 47.6 Å². The fourth-order valence-corrected chi connectivity index (χ4v) is 9.51. The van der Waals surface area contributed by atoms with Crippen LogP contribution in [0.3, 0.4) is 0 Å². The van der Waals surface area contributed by atoms with Crippen LogP contribution in [0.2, 0.25) is 0 Å². The lowest BCUT2D eigenvalue weighted by Gasteiger charge is -2.33. The number of carbonyl (C=O) groups is 4. The number of ether oxygens (including phenoxy) is 1. The molecule has 2 heterocycles. The van der Waals surface area contributed by atoms with Crippen molar-refractivity contribution in [3.05, 3.63) is 156 Å². The number of carboxylic acid groups (broad SMARTS) is 1. The van der Waals surface area contributed by atoms with Crippen molar-refractivity contribution >= 4 is 58.5 Å². The molecule has 0 spiro atoms. The molecule has 9 rings (SSSR count). The van der Waals surface area contributed by atoms with Crippen molar-refractivity contribution in [3.63, 3.8) is 0 Å². The molecule has 2 amide bonds. The Morgan fingerprint density at radius 2 is 1.14 bits per heavy atom. The number of amides is 2. The Balaban J connectivity index is 0.686. The average Bonchev–Trinajstić information content (AvgIpc) is 4.08. The van der Waals surface area contributed by atoms with Gasteiger partial charge in [-0.05, 0) is 134 Å². The number of hydrogen-bond acceptors (Lipinski definition) is 14. The molecule has 2 fully saturated rings. The Morgan fingerprint density at radius 1 is 0.620 bits per heavy atom. The molecule has 360 valence electrons. The number of benzene rings is 5. The number of nitrogens with one attached hydrogen (secondary N) is 4. The molecular formula is C54H51N9O8. The zero-order valence-corrected chi connectivity index (χ0v) is 38.6. The number of aliphatic carboxylic acids is 1. The summed E-state index contributed by atoms with van der Waals surface area (Å²) in [4.78, 5) is 51.6. The van der Waals surface area contributed by atoms with Crippen molar-refractivity contribution in [2.24, 2.45) is 11.8 Å². The maximum absolute atomic E-state index is 13.2. The molecule has 2 aliphatic carbocycles. The molecule has 71 heavy (non-hydrogen) atoms. The number of anilines is 6. The van der Waals surface area contributed by atoms with Gasteiger partial charge in [-0.15, -0.1) is 10.2 Å². The predicted octanol–water partition coefficient (Wildman–Crippen LogP) is 10.8. The summed E-state index contributed by atoms with van der Waals surface area (Å²) in [5.74, 6) is -3.46. The van der Waals surface area contributed by atoms with Crippen LogP contribution in [0.4, 0.5) is 34.8 Å². The predicted molar refractivity (Wildman–Crippen MR) is 263 cm³/mol. The highest BCUT2D eigenvalue weighted by Gasteiger charge is 2.35. The molecule has 0 radical (unpaired) electrons. The lowest BCUT2D eigenvalue weighted by Crippen LogP contribution is -2.31. The summed E-state index contributed by atoms with van der Waals surface area (Å²) in [6.07, 6.45) is 5.67. The highest BCUT2D eigenvalue weighted by Crippen LogP contribution is 2.41. The quantitative estimate of drug-likeness (QED) is 0.0533. The van der Waals surface area contributed by atoms with E-state index < -0.39 is 29.7 Å². The number of carboxylic acids is 1. The molecule has 17 heteroatoms. The Labute approximate surface area is 409 Å². The number of esters is 1. The minimum absolute atomic E-state index is 0.0512. The molecule has 5 aromatic carbocycles. The van der Waals surface area contributed by atoms with E-state index in [2.05, 4.69) is 47.7 Å². The average molecular weight is 954 g/mol. The van der Waals surface area contributed by atoms with Gasteiger partial charge in [0.05, 0.1) is 30.5 Å². The maximum atomic E-state index is 13.2. The summed E-state index contributed by atoms with van der Waals surface area (Å²) >= 11 is 0. The zero-order valence-electron chi connectivity index (χ0n) is 38.6. The second-order valence-electron chi connectivity index (χ2n) is 17.9. The van der Waals surface area contributed by atoms with Crippen molar-refractivity contribution in [1.82, 2.24) is 20.4 Å². The van der Waals surface area contributed by atoms with Gasteiger partial charge in [-0.3, -0.25) is 19.2 Å². The van der Waals surface area contributed by atoms with Gasteiger partial charge in [0.15, 0.2) is 0 Å². The molecule has 0 aliphatic heterocycles. The smallest absolute Gasteiger partial charge is 0.320 e. The normalized spacial score (nSPS) is 18.0.